The molecular weight excluding hydrogens is 256 g/mol. The Morgan fingerprint density at radius 2 is 2.00 bits per heavy atom. The second-order valence-corrected chi connectivity index (χ2v) is 5.96. The summed E-state index contributed by atoms with van der Waals surface area (Å²) < 4.78 is 28.3. The average Bonchev–Trinajstić information content (AvgIpc) is 2.27. The van der Waals surface area contributed by atoms with Gasteiger partial charge in [0, 0.05) is 0 Å². The predicted molar refractivity (Wildman–Crippen MR) is 67.6 cm³/mol. The molecule has 0 atom stereocenters. The van der Waals surface area contributed by atoms with E-state index < -0.39 is 21.6 Å². The summed E-state index contributed by atoms with van der Waals surface area (Å²) in [5.74, 6) is -1.70. The fraction of sp³-hybridized carbons (Fsp3) is 0.417. The van der Waals surface area contributed by atoms with Crippen molar-refractivity contribution in [2.24, 2.45) is 0 Å². The van der Waals surface area contributed by atoms with E-state index in [0.717, 1.165) is 5.56 Å². The zero-order chi connectivity index (χ0) is 13.6. The number of aliphatic carboxylic acids is 1. The van der Waals surface area contributed by atoms with Gasteiger partial charge < -0.3 is 9.84 Å². The quantitative estimate of drug-likeness (QED) is 0.804. The molecule has 0 fully saturated rings. The van der Waals surface area contributed by atoms with Crippen LogP contribution in [0.25, 0.3) is 0 Å². The molecule has 6 heteroatoms. The monoisotopic (exact) mass is 272 g/mol. The number of hydrogen-bond donors (Lipinski definition) is 1. The van der Waals surface area contributed by atoms with Gasteiger partial charge in [0.1, 0.15) is 11.5 Å². The molecule has 1 aromatic carbocycles. The molecule has 0 aliphatic carbocycles. The fourth-order valence-corrected chi connectivity index (χ4v) is 2.58. The van der Waals surface area contributed by atoms with Crippen molar-refractivity contribution >= 4 is 15.8 Å². The lowest BCUT2D eigenvalue weighted by Gasteiger charge is -2.09. The first-order chi connectivity index (χ1) is 8.44. The van der Waals surface area contributed by atoms with Crippen LogP contribution in [0.15, 0.2) is 24.3 Å². The first kappa shape index (κ1) is 14.5. The van der Waals surface area contributed by atoms with Crippen molar-refractivity contribution in [1.29, 1.82) is 0 Å². The minimum Gasteiger partial charge on any atom is -0.494 e. The van der Waals surface area contributed by atoms with Crippen LogP contribution in [-0.4, -0.2) is 37.6 Å². The average molecular weight is 272 g/mol. The molecule has 0 unspecified atom stereocenters. The molecule has 0 spiro atoms. The molecule has 0 aromatic heterocycles. The first-order valence-corrected chi connectivity index (χ1v) is 7.39. The molecule has 0 bridgehead atoms. The lowest BCUT2D eigenvalue weighted by atomic mass is 10.1. The zero-order valence-electron chi connectivity index (χ0n) is 10.1. The Balaban J connectivity index is 2.71. The molecule has 0 saturated heterocycles. The number of rotatable bonds is 7. The van der Waals surface area contributed by atoms with Crippen LogP contribution in [0.2, 0.25) is 0 Å². The summed E-state index contributed by atoms with van der Waals surface area (Å²) in [7, 11) is -3.57. The van der Waals surface area contributed by atoms with Crippen LogP contribution >= 0.6 is 0 Å². The number of carbonyl (C=O) groups is 1. The van der Waals surface area contributed by atoms with E-state index in [0.29, 0.717) is 12.4 Å². The minimum atomic E-state index is -3.57. The van der Waals surface area contributed by atoms with Gasteiger partial charge in [0.15, 0.2) is 9.84 Å². The third-order valence-corrected chi connectivity index (χ3v) is 3.81. The van der Waals surface area contributed by atoms with E-state index in [1.54, 1.807) is 24.3 Å². The molecule has 1 aromatic rings. The SMILES string of the molecule is CCOc1ccccc1CCS(=O)(=O)CC(=O)O. The summed E-state index contributed by atoms with van der Waals surface area (Å²) in [4.78, 5) is 10.4. The van der Waals surface area contributed by atoms with Gasteiger partial charge >= 0.3 is 5.97 Å². The number of aryl methyl sites for hydroxylation is 1. The highest BCUT2D eigenvalue weighted by molar-refractivity contribution is 7.92. The van der Waals surface area contributed by atoms with Crippen LogP contribution in [0.1, 0.15) is 12.5 Å². The molecule has 0 amide bonds. The Labute approximate surface area is 106 Å². The Morgan fingerprint density at radius 1 is 1.33 bits per heavy atom. The number of benzene rings is 1. The number of ether oxygens (including phenoxy) is 1. The highest BCUT2D eigenvalue weighted by Crippen LogP contribution is 2.19. The molecular formula is C12H16O5S. The van der Waals surface area contributed by atoms with Gasteiger partial charge in [-0.2, -0.15) is 0 Å². The van der Waals surface area contributed by atoms with E-state index >= 15 is 0 Å². The number of hydrogen-bond acceptors (Lipinski definition) is 4. The van der Waals surface area contributed by atoms with Crippen LogP contribution in [-0.2, 0) is 21.1 Å². The van der Waals surface area contributed by atoms with Crippen LogP contribution < -0.4 is 4.74 Å². The molecule has 5 nitrogen and oxygen atoms in total. The molecule has 0 saturated carbocycles. The number of para-hydroxylation sites is 1. The van der Waals surface area contributed by atoms with E-state index in [9.17, 15) is 13.2 Å². The molecule has 0 aliphatic rings. The molecule has 1 N–H and O–H groups in total. The number of carboxylic acid groups (broad SMARTS) is 1. The largest absolute Gasteiger partial charge is 0.494 e. The molecule has 18 heavy (non-hydrogen) atoms. The summed E-state index contributed by atoms with van der Waals surface area (Å²) >= 11 is 0. The second-order valence-electron chi connectivity index (χ2n) is 3.78. The van der Waals surface area contributed by atoms with E-state index in [4.69, 9.17) is 9.84 Å². The summed E-state index contributed by atoms with van der Waals surface area (Å²) in [5.41, 5.74) is 0.772. The molecule has 1 rings (SSSR count). The number of carboxylic acids is 1. The van der Waals surface area contributed by atoms with Gasteiger partial charge in [-0.1, -0.05) is 18.2 Å². The zero-order valence-corrected chi connectivity index (χ0v) is 10.9. The summed E-state index contributed by atoms with van der Waals surface area (Å²) in [5, 5.41) is 8.48. The summed E-state index contributed by atoms with van der Waals surface area (Å²) in [6.45, 7) is 2.34. The van der Waals surface area contributed by atoms with Crippen molar-refractivity contribution in [1.82, 2.24) is 0 Å². The van der Waals surface area contributed by atoms with E-state index in [-0.39, 0.29) is 12.2 Å². The van der Waals surface area contributed by atoms with Crippen LogP contribution in [0, 0.1) is 0 Å². The van der Waals surface area contributed by atoms with Gasteiger partial charge in [-0.3, -0.25) is 4.79 Å². The third kappa shape index (κ3) is 4.75. The predicted octanol–water partition coefficient (Wildman–Crippen LogP) is 1.13. The van der Waals surface area contributed by atoms with Gasteiger partial charge in [-0.05, 0) is 25.0 Å². The standard InChI is InChI=1S/C12H16O5S/c1-2-17-11-6-4-3-5-10(11)7-8-18(15,16)9-12(13)14/h3-6H,2,7-9H2,1H3,(H,13,14). The minimum absolute atomic E-state index is 0.191. The van der Waals surface area contributed by atoms with Crippen molar-refractivity contribution in [2.75, 3.05) is 18.1 Å². The molecule has 0 radical (unpaired) electrons. The Kier molecular flexibility index (Phi) is 5.15. The Bertz CT molecular complexity index is 507. The summed E-state index contributed by atoms with van der Waals surface area (Å²) in [6.07, 6.45) is 0.256. The van der Waals surface area contributed by atoms with Crippen LogP contribution in [0.4, 0.5) is 0 Å². The van der Waals surface area contributed by atoms with Gasteiger partial charge in [0.2, 0.25) is 0 Å². The van der Waals surface area contributed by atoms with Crippen molar-refractivity contribution < 1.29 is 23.1 Å². The van der Waals surface area contributed by atoms with Gasteiger partial charge in [0.25, 0.3) is 0 Å². The lowest BCUT2D eigenvalue weighted by molar-refractivity contribution is -0.134. The smallest absolute Gasteiger partial charge is 0.318 e. The van der Waals surface area contributed by atoms with Crippen molar-refractivity contribution in [3.8, 4) is 5.75 Å². The van der Waals surface area contributed by atoms with Gasteiger partial charge in [-0.25, -0.2) is 8.42 Å². The maximum Gasteiger partial charge on any atom is 0.318 e. The maximum atomic E-state index is 11.5. The van der Waals surface area contributed by atoms with Crippen LogP contribution in [0.5, 0.6) is 5.75 Å². The second kappa shape index (κ2) is 6.39. The molecule has 100 valence electrons. The van der Waals surface area contributed by atoms with E-state index in [1.165, 1.54) is 0 Å². The van der Waals surface area contributed by atoms with Gasteiger partial charge in [-0.15, -0.1) is 0 Å². The summed E-state index contributed by atoms with van der Waals surface area (Å²) in [6, 6.07) is 7.14. The number of sulfone groups is 1. The normalized spacial score (nSPS) is 11.2. The fourth-order valence-electron chi connectivity index (χ4n) is 1.53. The van der Waals surface area contributed by atoms with Crippen molar-refractivity contribution in [3.63, 3.8) is 0 Å². The highest BCUT2D eigenvalue weighted by Gasteiger charge is 2.16. The lowest BCUT2D eigenvalue weighted by Crippen LogP contribution is -2.19. The van der Waals surface area contributed by atoms with Gasteiger partial charge in [0.05, 0.1) is 12.4 Å². The maximum absolute atomic E-state index is 11.5. The topological polar surface area (TPSA) is 80.7 Å². The Morgan fingerprint density at radius 3 is 2.61 bits per heavy atom. The van der Waals surface area contributed by atoms with E-state index in [1.807, 2.05) is 6.92 Å². The third-order valence-electron chi connectivity index (χ3n) is 2.30. The first-order valence-electron chi connectivity index (χ1n) is 5.57. The van der Waals surface area contributed by atoms with Crippen molar-refractivity contribution in [3.05, 3.63) is 29.8 Å². The molecule has 0 aliphatic heterocycles. The van der Waals surface area contributed by atoms with Crippen LogP contribution in [0.3, 0.4) is 0 Å². The molecule has 0 heterocycles. The highest BCUT2D eigenvalue weighted by atomic mass is 32.2. The van der Waals surface area contributed by atoms with E-state index in [2.05, 4.69) is 0 Å². The van der Waals surface area contributed by atoms with Crippen molar-refractivity contribution in [2.45, 2.75) is 13.3 Å². The Hall–Kier alpha value is -1.56.